The Morgan fingerprint density at radius 1 is 1.40 bits per heavy atom. The molecule has 1 fully saturated rings. The molecule has 0 aliphatic heterocycles. The van der Waals surface area contributed by atoms with Crippen LogP contribution in [0.5, 0.6) is 10.9 Å². The number of alkyl halides is 1. The Labute approximate surface area is 156 Å². The molecule has 0 N–H and O–H groups in total. The van der Waals surface area contributed by atoms with Gasteiger partial charge in [0.2, 0.25) is 0 Å². The normalized spacial score (nSPS) is 15.6. The summed E-state index contributed by atoms with van der Waals surface area (Å²) in [5.41, 5.74) is 1.78. The molecule has 1 aliphatic rings. The maximum Gasteiger partial charge on any atom is 0.280 e. The second kappa shape index (κ2) is 6.92. The van der Waals surface area contributed by atoms with Gasteiger partial charge < -0.3 is 9.64 Å². The Morgan fingerprint density at radius 3 is 2.76 bits per heavy atom. The molecule has 3 rings (SSSR count). The summed E-state index contributed by atoms with van der Waals surface area (Å²) in [6, 6.07) is 3.89. The third-order valence-electron chi connectivity index (χ3n) is 4.26. The number of aromatic nitrogens is 1. The Balaban J connectivity index is 1.82. The first kappa shape index (κ1) is 18.1. The highest BCUT2D eigenvalue weighted by Crippen LogP contribution is 2.53. The van der Waals surface area contributed by atoms with Crippen molar-refractivity contribution in [2.75, 3.05) is 13.6 Å². The van der Waals surface area contributed by atoms with E-state index >= 15 is 0 Å². The molecule has 0 radical (unpaired) electrons. The average Bonchev–Trinajstić information content (AvgIpc) is 3.20. The molecule has 7 heteroatoms. The van der Waals surface area contributed by atoms with Gasteiger partial charge in [0.05, 0.1) is 12.0 Å². The fraction of sp³-hybridized carbons (Fsp3) is 0.444. The summed E-state index contributed by atoms with van der Waals surface area (Å²) in [4.78, 5) is 10.8. The number of aliphatic imine (C=N–C) groups is 1. The van der Waals surface area contributed by atoms with E-state index in [0.29, 0.717) is 33.8 Å². The number of hydrogen-bond donors (Lipinski definition) is 0. The number of rotatable bonds is 6. The second-order valence-electron chi connectivity index (χ2n) is 6.39. The minimum absolute atomic E-state index is 0.312. The summed E-state index contributed by atoms with van der Waals surface area (Å²) in [5.74, 6) is 0.681. The molecule has 25 heavy (non-hydrogen) atoms. The monoisotopic (exact) mass is 381 g/mol. The van der Waals surface area contributed by atoms with Gasteiger partial charge in [-0.15, -0.1) is 0 Å². The van der Waals surface area contributed by atoms with Crippen LogP contribution >= 0.6 is 22.9 Å². The van der Waals surface area contributed by atoms with Crippen molar-refractivity contribution in [2.45, 2.75) is 39.3 Å². The maximum atomic E-state index is 14.2. The number of ether oxygens (including phenoxy) is 1. The molecule has 134 valence electrons. The molecule has 2 aromatic rings. The first-order valence-electron chi connectivity index (χ1n) is 8.21. The van der Waals surface area contributed by atoms with Crippen LogP contribution < -0.4 is 4.74 Å². The molecule has 0 unspecified atom stereocenters. The lowest BCUT2D eigenvalue weighted by molar-refractivity contribution is 0.308. The van der Waals surface area contributed by atoms with E-state index in [2.05, 4.69) is 16.9 Å². The predicted molar refractivity (Wildman–Crippen MR) is 102 cm³/mol. The second-order valence-corrected chi connectivity index (χ2v) is 7.96. The number of halogens is 2. The van der Waals surface area contributed by atoms with Gasteiger partial charge in [0.15, 0.2) is 5.67 Å². The van der Waals surface area contributed by atoms with Crippen LogP contribution in [0.3, 0.4) is 0 Å². The van der Waals surface area contributed by atoms with Crippen LogP contribution in [0.4, 0.5) is 10.1 Å². The van der Waals surface area contributed by atoms with Gasteiger partial charge in [0.25, 0.3) is 5.19 Å². The quantitative estimate of drug-likeness (QED) is 0.470. The molecule has 0 saturated heterocycles. The minimum Gasteiger partial charge on any atom is -0.431 e. The van der Waals surface area contributed by atoms with Crippen LogP contribution in [0, 0.1) is 13.8 Å². The number of benzene rings is 1. The predicted octanol–water partition coefficient (Wildman–Crippen LogP) is 5.78. The van der Waals surface area contributed by atoms with E-state index in [0.717, 1.165) is 23.4 Å². The Kier molecular flexibility index (Phi) is 5.02. The van der Waals surface area contributed by atoms with Gasteiger partial charge in [-0.3, -0.25) is 0 Å². The van der Waals surface area contributed by atoms with Gasteiger partial charge >= 0.3 is 0 Å². The molecule has 0 atom stereocenters. The van der Waals surface area contributed by atoms with Crippen molar-refractivity contribution in [3.63, 3.8) is 0 Å². The van der Waals surface area contributed by atoms with Crippen LogP contribution in [-0.4, -0.2) is 29.8 Å². The largest absolute Gasteiger partial charge is 0.431 e. The van der Waals surface area contributed by atoms with Gasteiger partial charge in [-0.05, 0) is 56.9 Å². The van der Waals surface area contributed by atoms with Crippen molar-refractivity contribution in [2.24, 2.45) is 4.99 Å². The standard InChI is InChI=1S/C18H21ClFN3OS/c1-5-23(4)10-21-13-8-12(3)14(9-11(13)2)24-17-22-15(16(19)25-17)18(20)6-7-18/h8-10H,5-7H2,1-4H3. The zero-order valence-electron chi connectivity index (χ0n) is 14.8. The molecule has 1 aromatic heterocycles. The summed E-state index contributed by atoms with van der Waals surface area (Å²) in [6.07, 6.45) is 2.77. The van der Waals surface area contributed by atoms with E-state index in [-0.39, 0.29) is 0 Å². The summed E-state index contributed by atoms with van der Waals surface area (Å²) in [6.45, 7) is 6.89. The molecule has 4 nitrogen and oxygen atoms in total. The van der Waals surface area contributed by atoms with Crippen LogP contribution in [0.2, 0.25) is 4.34 Å². The van der Waals surface area contributed by atoms with Gasteiger partial charge in [-0.1, -0.05) is 22.9 Å². The topological polar surface area (TPSA) is 37.7 Å². The smallest absolute Gasteiger partial charge is 0.280 e. The fourth-order valence-electron chi connectivity index (χ4n) is 2.31. The highest BCUT2D eigenvalue weighted by Gasteiger charge is 2.49. The van der Waals surface area contributed by atoms with Crippen molar-refractivity contribution in [1.29, 1.82) is 0 Å². The number of aryl methyl sites for hydroxylation is 2. The third-order valence-corrected chi connectivity index (χ3v) is 5.40. The molecular weight excluding hydrogens is 361 g/mol. The zero-order chi connectivity index (χ0) is 18.2. The molecule has 0 bridgehead atoms. The van der Waals surface area contributed by atoms with Crippen molar-refractivity contribution in [3.8, 4) is 10.9 Å². The Morgan fingerprint density at radius 2 is 2.12 bits per heavy atom. The molecular formula is C18H21ClFN3OS. The van der Waals surface area contributed by atoms with Gasteiger partial charge in [0, 0.05) is 13.6 Å². The van der Waals surface area contributed by atoms with Crippen molar-refractivity contribution in [1.82, 2.24) is 9.88 Å². The van der Waals surface area contributed by atoms with E-state index in [1.54, 1.807) is 0 Å². The van der Waals surface area contributed by atoms with Crippen LogP contribution in [0.15, 0.2) is 17.1 Å². The molecule has 1 aromatic carbocycles. The number of nitrogens with zero attached hydrogens (tertiary/aromatic N) is 3. The van der Waals surface area contributed by atoms with E-state index in [1.165, 1.54) is 11.3 Å². The fourth-order valence-corrected chi connectivity index (χ4v) is 3.47. The molecule has 0 amide bonds. The van der Waals surface area contributed by atoms with Crippen molar-refractivity contribution < 1.29 is 9.13 Å². The average molecular weight is 382 g/mol. The van der Waals surface area contributed by atoms with Gasteiger partial charge in [-0.2, -0.15) is 0 Å². The van der Waals surface area contributed by atoms with Gasteiger partial charge in [0.1, 0.15) is 15.8 Å². The van der Waals surface area contributed by atoms with Crippen LogP contribution in [-0.2, 0) is 5.67 Å². The number of thiazole rings is 1. The Bertz CT molecular complexity index is 817. The van der Waals surface area contributed by atoms with Crippen molar-refractivity contribution in [3.05, 3.63) is 33.3 Å². The zero-order valence-corrected chi connectivity index (χ0v) is 16.3. The SMILES string of the molecule is CCN(C)C=Nc1cc(C)c(Oc2nc(C3(F)CC3)c(Cl)s2)cc1C. The summed E-state index contributed by atoms with van der Waals surface area (Å²) >= 11 is 7.30. The lowest BCUT2D eigenvalue weighted by Crippen LogP contribution is -2.14. The summed E-state index contributed by atoms with van der Waals surface area (Å²) < 4.78 is 20.4. The van der Waals surface area contributed by atoms with E-state index in [1.807, 2.05) is 44.3 Å². The first-order valence-corrected chi connectivity index (χ1v) is 9.41. The molecule has 1 heterocycles. The van der Waals surface area contributed by atoms with E-state index in [9.17, 15) is 4.39 Å². The van der Waals surface area contributed by atoms with Crippen LogP contribution in [0.1, 0.15) is 36.6 Å². The van der Waals surface area contributed by atoms with Gasteiger partial charge in [-0.25, -0.2) is 14.4 Å². The molecule has 1 aliphatic carbocycles. The Hall–Kier alpha value is -1.66. The highest BCUT2D eigenvalue weighted by molar-refractivity contribution is 7.17. The third kappa shape index (κ3) is 3.96. The van der Waals surface area contributed by atoms with E-state index in [4.69, 9.17) is 16.3 Å². The van der Waals surface area contributed by atoms with Crippen LogP contribution in [0.25, 0.3) is 0 Å². The molecule has 0 spiro atoms. The highest BCUT2D eigenvalue weighted by atomic mass is 35.5. The lowest BCUT2D eigenvalue weighted by Gasteiger charge is -2.11. The molecule has 1 saturated carbocycles. The summed E-state index contributed by atoms with van der Waals surface area (Å²) in [7, 11) is 1.98. The van der Waals surface area contributed by atoms with E-state index < -0.39 is 5.67 Å². The summed E-state index contributed by atoms with van der Waals surface area (Å²) in [5, 5.41) is 0.369. The lowest BCUT2D eigenvalue weighted by atomic mass is 10.1. The maximum absolute atomic E-state index is 14.2. The minimum atomic E-state index is -1.36. The number of hydrogen-bond acceptors (Lipinski definition) is 4. The van der Waals surface area contributed by atoms with Crippen molar-refractivity contribution >= 4 is 35.0 Å². The first-order chi connectivity index (χ1) is 11.8.